The average molecular weight is 350 g/mol. The van der Waals surface area contributed by atoms with E-state index in [1.165, 1.54) is 0 Å². The molecule has 2 bridgehead atoms. The first-order valence-electron chi connectivity index (χ1n) is 8.69. The van der Waals surface area contributed by atoms with E-state index in [0.29, 0.717) is 19.7 Å². The second kappa shape index (κ2) is 8.09. The van der Waals surface area contributed by atoms with E-state index < -0.39 is 18.4 Å². The molecule has 3 N–H and O–H groups in total. The number of urea groups is 1. The van der Waals surface area contributed by atoms with Gasteiger partial charge in [0, 0.05) is 31.4 Å². The normalized spacial score (nSPS) is 31.1. The van der Waals surface area contributed by atoms with Crippen molar-refractivity contribution < 1.29 is 19.4 Å². The molecule has 3 rings (SSSR count). The maximum absolute atomic E-state index is 11.9. The number of ether oxygens (including phenoxy) is 2. The van der Waals surface area contributed by atoms with Gasteiger partial charge in [-0.3, -0.25) is 9.88 Å². The van der Waals surface area contributed by atoms with E-state index in [1.807, 2.05) is 37.1 Å². The van der Waals surface area contributed by atoms with Crippen LogP contribution in [0.5, 0.6) is 0 Å². The summed E-state index contributed by atoms with van der Waals surface area (Å²) in [6.45, 7) is 3.42. The van der Waals surface area contributed by atoms with Crippen LogP contribution in [0.25, 0.3) is 0 Å². The van der Waals surface area contributed by atoms with Crippen molar-refractivity contribution in [1.82, 2.24) is 20.5 Å². The Labute approximate surface area is 147 Å². The summed E-state index contributed by atoms with van der Waals surface area (Å²) in [5.74, 6) is 0. The van der Waals surface area contributed by atoms with E-state index >= 15 is 0 Å². The van der Waals surface area contributed by atoms with E-state index in [9.17, 15) is 9.90 Å². The van der Waals surface area contributed by atoms with E-state index in [0.717, 1.165) is 12.1 Å². The molecule has 2 saturated heterocycles. The number of nitrogens with zero attached hydrogens (tertiary/aromatic N) is 2. The molecule has 5 atom stereocenters. The first-order chi connectivity index (χ1) is 12.1. The molecule has 0 aliphatic carbocycles. The van der Waals surface area contributed by atoms with Gasteiger partial charge in [-0.05, 0) is 26.1 Å². The number of aromatic nitrogens is 1. The van der Waals surface area contributed by atoms with Crippen molar-refractivity contribution >= 4 is 6.03 Å². The Bertz CT molecular complexity index is 573. The van der Waals surface area contributed by atoms with Crippen molar-refractivity contribution in [3.63, 3.8) is 0 Å². The lowest BCUT2D eigenvalue weighted by molar-refractivity contribution is -0.177. The van der Waals surface area contributed by atoms with E-state index in [-0.39, 0.29) is 18.2 Å². The van der Waals surface area contributed by atoms with Crippen molar-refractivity contribution in [3.05, 3.63) is 30.1 Å². The third-order valence-corrected chi connectivity index (χ3v) is 4.72. The Balaban J connectivity index is 1.64. The number of fused-ring (bicyclic) bond motifs is 2. The van der Waals surface area contributed by atoms with Gasteiger partial charge in [-0.15, -0.1) is 0 Å². The minimum atomic E-state index is -0.775. The van der Waals surface area contributed by atoms with Gasteiger partial charge in [0.2, 0.25) is 0 Å². The number of carbonyl (C=O) groups excluding carboxylic acids is 1. The van der Waals surface area contributed by atoms with Crippen molar-refractivity contribution in [3.8, 4) is 0 Å². The largest absolute Gasteiger partial charge is 0.389 e. The Kier molecular flexibility index (Phi) is 5.85. The highest BCUT2D eigenvalue weighted by Crippen LogP contribution is 2.30. The van der Waals surface area contributed by atoms with Crippen molar-refractivity contribution in [2.75, 3.05) is 26.7 Å². The first-order valence-corrected chi connectivity index (χ1v) is 8.69. The summed E-state index contributed by atoms with van der Waals surface area (Å²) >= 11 is 0. The summed E-state index contributed by atoms with van der Waals surface area (Å²) in [4.78, 5) is 18.2. The second-order valence-electron chi connectivity index (χ2n) is 6.44. The Morgan fingerprint density at radius 3 is 3.04 bits per heavy atom. The standard InChI is InChI=1S/C17H26N4O4/c1-3-18-17(23)20-13-12-10-24-16(25-12)14(15(13)22)21(2)9-7-11-6-4-5-8-19-11/h4-6,8,12-16,22H,3,7,9-10H2,1-2H3,(H2,18,20,23)/t12-,13-,14+,15-,16+/m0/s1. The van der Waals surface area contributed by atoms with Gasteiger partial charge in [0.15, 0.2) is 6.29 Å². The predicted octanol–water partition coefficient (Wildman–Crippen LogP) is -0.272. The Hall–Kier alpha value is -1.74. The molecule has 1 aromatic rings. The van der Waals surface area contributed by atoms with Crippen LogP contribution in [-0.4, -0.2) is 78.3 Å². The number of pyridine rings is 1. The van der Waals surface area contributed by atoms with Crippen LogP contribution in [0, 0.1) is 0 Å². The summed E-state index contributed by atoms with van der Waals surface area (Å²) in [6, 6.07) is 4.65. The zero-order chi connectivity index (χ0) is 17.8. The first kappa shape index (κ1) is 18.1. The summed E-state index contributed by atoms with van der Waals surface area (Å²) < 4.78 is 11.6. The molecule has 2 amide bonds. The number of aliphatic hydroxyl groups excluding tert-OH is 1. The molecule has 0 saturated carbocycles. The number of rotatable bonds is 6. The fourth-order valence-electron chi connectivity index (χ4n) is 3.40. The monoisotopic (exact) mass is 350 g/mol. The minimum Gasteiger partial charge on any atom is -0.389 e. The maximum atomic E-state index is 11.9. The van der Waals surface area contributed by atoms with E-state index in [2.05, 4.69) is 15.6 Å². The van der Waals surface area contributed by atoms with Gasteiger partial charge in [0.05, 0.1) is 24.8 Å². The van der Waals surface area contributed by atoms with Gasteiger partial charge in [-0.25, -0.2) is 4.79 Å². The van der Waals surface area contributed by atoms with Crippen LogP contribution in [-0.2, 0) is 15.9 Å². The minimum absolute atomic E-state index is 0.310. The molecule has 0 spiro atoms. The van der Waals surface area contributed by atoms with Gasteiger partial charge < -0.3 is 25.2 Å². The Morgan fingerprint density at radius 2 is 2.32 bits per heavy atom. The van der Waals surface area contributed by atoms with Gasteiger partial charge >= 0.3 is 6.03 Å². The number of aliphatic hydroxyl groups is 1. The molecule has 0 aromatic carbocycles. The number of hydrogen-bond donors (Lipinski definition) is 3. The highest BCUT2D eigenvalue weighted by atomic mass is 16.7. The SMILES string of the molecule is CCNC(=O)N[C@@H]1[C@H](O)[C@@H](N(C)CCc2ccccn2)[C@@H]2OC[C@@H]1O2. The second-order valence-corrected chi connectivity index (χ2v) is 6.44. The van der Waals surface area contributed by atoms with Gasteiger partial charge in [0.1, 0.15) is 6.10 Å². The van der Waals surface area contributed by atoms with Crippen LogP contribution in [0.2, 0.25) is 0 Å². The molecule has 2 fully saturated rings. The molecule has 0 radical (unpaired) electrons. The van der Waals surface area contributed by atoms with Crippen LogP contribution in [0.15, 0.2) is 24.4 Å². The number of carbonyl (C=O) groups is 1. The zero-order valence-corrected chi connectivity index (χ0v) is 14.6. The van der Waals surface area contributed by atoms with Crippen LogP contribution in [0.3, 0.4) is 0 Å². The third-order valence-electron chi connectivity index (χ3n) is 4.72. The van der Waals surface area contributed by atoms with Crippen molar-refractivity contribution in [2.24, 2.45) is 0 Å². The molecule has 2 aliphatic heterocycles. The van der Waals surface area contributed by atoms with Crippen LogP contribution < -0.4 is 10.6 Å². The van der Waals surface area contributed by atoms with Gasteiger partial charge in [0.25, 0.3) is 0 Å². The van der Waals surface area contributed by atoms with Crippen LogP contribution in [0.4, 0.5) is 4.79 Å². The molecule has 3 heterocycles. The fourth-order valence-corrected chi connectivity index (χ4v) is 3.40. The smallest absolute Gasteiger partial charge is 0.315 e. The fraction of sp³-hybridized carbons (Fsp3) is 0.647. The molecule has 8 heteroatoms. The lowest BCUT2D eigenvalue weighted by atomic mass is 9.95. The third kappa shape index (κ3) is 4.09. The summed E-state index contributed by atoms with van der Waals surface area (Å²) in [6.07, 6.45) is 0.933. The zero-order valence-electron chi connectivity index (χ0n) is 14.6. The number of amides is 2. The number of nitrogens with one attached hydrogen (secondary N) is 2. The van der Waals surface area contributed by atoms with Crippen LogP contribution in [0.1, 0.15) is 12.6 Å². The van der Waals surface area contributed by atoms with Gasteiger partial charge in [-0.2, -0.15) is 0 Å². The molecule has 1 aromatic heterocycles. The van der Waals surface area contributed by atoms with E-state index in [4.69, 9.17) is 9.47 Å². The molecule has 2 aliphatic rings. The molecular formula is C17H26N4O4. The molecule has 8 nitrogen and oxygen atoms in total. The van der Waals surface area contributed by atoms with E-state index in [1.54, 1.807) is 6.20 Å². The highest BCUT2D eigenvalue weighted by molar-refractivity contribution is 5.74. The number of likely N-dealkylation sites (N-methyl/N-ethyl adjacent to an activating group) is 1. The molecule has 0 unspecified atom stereocenters. The molecule has 25 heavy (non-hydrogen) atoms. The highest BCUT2D eigenvalue weighted by Gasteiger charge is 2.51. The lowest BCUT2D eigenvalue weighted by Crippen LogP contribution is -2.65. The van der Waals surface area contributed by atoms with Crippen molar-refractivity contribution in [1.29, 1.82) is 0 Å². The number of hydrogen-bond acceptors (Lipinski definition) is 6. The summed E-state index contributed by atoms with van der Waals surface area (Å²) in [5, 5.41) is 16.3. The topological polar surface area (TPSA) is 96.0 Å². The predicted molar refractivity (Wildman–Crippen MR) is 91.0 cm³/mol. The van der Waals surface area contributed by atoms with Gasteiger partial charge in [-0.1, -0.05) is 6.07 Å². The molecule has 138 valence electrons. The quantitative estimate of drug-likeness (QED) is 0.654. The average Bonchev–Trinajstić information content (AvgIpc) is 3.03. The summed E-state index contributed by atoms with van der Waals surface area (Å²) in [5.41, 5.74) is 0.989. The lowest BCUT2D eigenvalue weighted by Gasteiger charge is -2.42. The molecular weight excluding hydrogens is 324 g/mol. The maximum Gasteiger partial charge on any atom is 0.315 e. The van der Waals surface area contributed by atoms with Crippen LogP contribution >= 0.6 is 0 Å². The Morgan fingerprint density at radius 1 is 1.48 bits per heavy atom. The van der Waals surface area contributed by atoms with Crippen molar-refractivity contribution in [2.45, 2.75) is 43.9 Å². The summed E-state index contributed by atoms with van der Waals surface area (Å²) in [7, 11) is 1.92.